The lowest BCUT2D eigenvalue weighted by Gasteiger charge is -2.26. The highest BCUT2D eigenvalue weighted by molar-refractivity contribution is 14.0. The molecule has 0 spiro atoms. The molecule has 0 atom stereocenters. The van der Waals surface area contributed by atoms with Gasteiger partial charge in [0.2, 0.25) is 0 Å². The Bertz CT molecular complexity index is 732. The highest BCUT2D eigenvalue weighted by Gasteiger charge is 2.16. The highest BCUT2D eigenvalue weighted by Crippen LogP contribution is 2.23. The smallest absolute Gasteiger partial charge is 0.191 e. The number of methoxy groups -OCH3 is 1. The Balaban J connectivity index is 0.00000280. The molecule has 1 aliphatic heterocycles. The molecule has 1 aromatic carbocycles. The second kappa shape index (κ2) is 12.3. The third-order valence-corrected chi connectivity index (χ3v) is 5.81. The van der Waals surface area contributed by atoms with Gasteiger partial charge in [-0.05, 0) is 54.5 Å². The van der Waals surface area contributed by atoms with Gasteiger partial charge in [0.15, 0.2) is 5.96 Å². The van der Waals surface area contributed by atoms with Crippen LogP contribution < -0.4 is 15.4 Å². The SMILES string of the molecule is CCNC(=NCCN1CCc2sccc2C1)NCCc1ccc(OC)cc1.I. The number of nitrogens with one attached hydrogen (secondary N) is 2. The van der Waals surface area contributed by atoms with E-state index in [2.05, 4.69) is 46.0 Å². The lowest BCUT2D eigenvalue weighted by Crippen LogP contribution is -2.39. The molecule has 2 N–H and O–H groups in total. The number of guanidine groups is 1. The molecule has 0 amide bonds. The Morgan fingerprint density at radius 1 is 1.21 bits per heavy atom. The molecule has 2 aromatic rings. The molecule has 1 aromatic heterocycles. The number of ether oxygens (including phenoxy) is 1. The zero-order valence-electron chi connectivity index (χ0n) is 16.7. The molecule has 0 aliphatic carbocycles. The summed E-state index contributed by atoms with van der Waals surface area (Å²) in [7, 11) is 1.69. The Hall–Kier alpha value is -1.32. The summed E-state index contributed by atoms with van der Waals surface area (Å²) in [6, 6.07) is 10.5. The average Bonchev–Trinajstić information content (AvgIpc) is 3.16. The van der Waals surface area contributed by atoms with E-state index in [0.717, 1.165) is 57.4 Å². The second-order valence-corrected chi connectivity index (χ2v) is 7.68. The molecule has 7 heteroatoms. The molecule has 3 rings (SSSR count). The number of hydrogen-bond donors (Lipinski definition) is 2. The van der Waals surface area contributed by atoms with Crippen molar-refractivity contribution in [2.75, 3.05) is 39.8 Å². The van der Waals surface area contributed by atoms with Crippen LogP contribution in [0.2, 0.25) is 0 Å². The van der Waals surface area contributed by atoms with Gasteiger partial charge in [-0.2, -0.15) is 0 Å². The number of rotatable bonds is 8. The first-order valence-corrected chi connectivity index (χ1v) is 10.6. The first-order chi connectivity index (χ1) is 13.3. The molecule has 0 unspecified atom stereocenters. The number of halogens is 1. The minimum Gasteiger partial charge on any atom is -0.497 e. The van der Waals surface area contributed by atoms with Crippen molar-refractivity contribution >= 4 is 41.3 Å². The molecule has 0 saturated carbocycles. The minimum absolute atomic E-state index is 0. The Labute approximate surface area is 189 Å². The van der Waals surface area contributed by atoms with Crippen molar-refractivity contribution in [1.29, 1.82) is 0 Å². The summed E-state index contributed by atoms with van der Waals surface area (Å²) in [5.74, 6) is 1.80. The van der Waals surface area contributed by atoms with Crippen LogP contribution in [0.3, 0.4) is 0 Å². The van der Waals surface area contributed by atoms with Gasteiger partial charge in [-0.25, -0.2) is 0 Å². The zero-order chi connectivity index (χ0) is 18.9. The maximum atomic E-state index is 5.20. The fourth-order valence-electron chi connectivity index (χ4n) is 3.26. The van der Waals surface area contributed by atoms with E-state index in [1.54, 1.807) is 12.0 Å². The van der Waals surface area contributed by atoms with Gasteiger partial charge in [0.25, 0.3) is 0 Å². The molecule has 0 fully saturated rings. The Morgan fingerprint density at radius 2 is 2.04 bits per heavy atom. The van der Waals surface area contributed by atoms with Crippen LogP contribution in [0.5, 0.6) is 5.75 Å². The van der Waals surface area contributed by atoms with Crippen LogP contribution in [0, 0.1) is 0 Å². The van der Waals surface area contributed by atoms with Crippen LogP contribution in [0.25, 0.3) is 0 Å². The maximum Gasteiger partial charge on any atom is 0.191 e. The first kappa shape index (κ1) is 23.0. The predicted molar refractivity (Wildman–Crippen MR) is 129 cm³/mol. The number of fused-ring (bicyclic) bond motifs is 1. The average molecular weight is 514 g/mol. The van der Waals surface area contributed by atoms with Crippen LogP contribution in [-0.2, 0) is 19.4 Å². The third-order valence-electron chi connectivity index (χ3n) is 4.78. The van der Waals surface area contributed by atoms with Crippen molar-refractivity contribution in [2.45, 2.75) is 26.3 Å². The summed E-state index contributed by atoms with van der Waals surface area (Å²) in [5, 5.41) is 8.99. The number of hydrogen-bond acceptors (Lipinski definition) is 4. The van der Waals surface area contributed by atoms with Gasteiger partial charge in [0.1, 0.15) is 5.75 Å². The molecule has 28 heavy (non-hydrogen) atoms. The fourth-order valence-corrected chi connectivity index (χ4v) is 4.15. The summed E-state index contributed by atoms with van der Waals surface area (Å²) in [6.07, 6.45) is 2.14. The van der Waals surface area contributed by atoms with Gasteiger partial charge in [-0.15, -0.1) is 35.3 Å². The molecule has 2 heterocycles. The highest BCUT2D eigenvalue weighted by atomic mass is 127. The van der Waals surface area contributed by atoms with E-state index in [-0.39, 0.29) is 24.0 Å². The van der Waals surface area contributed by atoms with E-state index >= 15 is 0 Å². The molecular weight excluding hydrogens is 483 g/mol. The Morgan fingerprint density at radius 3 is 2.79 bits per heavy atom. The topological polar surface area (TPSA) is 48.9 Å². The van der Waals surface area contributed by atoms with Gasteiger partial charge in [-0.3, -0.25) is 9.89 Å². The molecule has 0 radical (unpaired) electrons. The summed E-state index contributed by atoms with van der Waals surface area (Å²) < 4.78 is 5.20. The molecule has 154 valence electrons. The van der Waals surface area contributed by atoms with Gasteiger partial charge in [0.05, 0.1) is 13.7 Å². The summed E-state index contributed by atoms with van der Waals surface area (Å²) in [5.41, 5.74) is 2.79. The lowest BCUT2D eigenvalue weighted by atomic mass is 10.1. The lowest BCUT2D eigenvalue weighted by molar-refractivity contribution is 0.263. The largest absolute Gasteiger partial charge is 0.497 e. The number of nitrogens with zero attached hydrogens (tertiary/aromatic N) is 2. The van der Waals surface area contributed by atoms with Crippen molar-refractivity contribution in [3.05, 3.63) is 51.7 Å². The molecule has 0 bridgehead atoms. The molecule has 1 aliphatic rings. The molecular formula is C21H31IN4OS. The van der Waals surface area contributed by atoms with E-state index in [4.69, 9.17) is 9.73 Å². The molecule has 5 nitrogen and oxygen atoms in total. The minimum atomic E-state index is 0. The standard InChI is InChI=1S/C21H30N4OS.HI/c1-3-22-21(23-11-8-17-4-6-19(26-2)7-5-17)24-12-14-25-13-9-20-18(16-25)10-15-27-20;/h4-7,10,15H,3,8-9,11-14,16H2,1-2H3,(H2,22,23,24);1H. The number of aliphatic imine (C=N–C) groups is 1. The second-order valence-electron chi connectivity index (χ2n) is 6.68. The third kappa shape index (κ3) is 6.93. The number of benzene rings is 1. The van der Waals surface area contributed by atoms with Crippen LogP contribution in [0.1, 0.15) is 22.9 Å². The quantitative estimate of drug-likeness (QED) is 0.322. The summed E-state index contributed by atoms with van der Waals surface area (Å²) >= 11 is 1.89. The van der Waals surface area contributed by atoms with Crippen molar-refractivity contribution in [2.24, 2.45) is 4.99 Å². The van der Waals surface area contributed by atoms with Crippen molar-refractivity contribution in [3.8, 4) is 5.75 Å². The van der Waals surface area contributed by atoms with E-state index in [0.29, 0.717) is 0 Å². The summed E-state index contributed by atoms with van der Waals surface area (Å²) in [6.45, 7) is 7.86. The van der Waals surface area contributed by atoms with Crippen molar-refractivity contribution in [1.82, 2.24) is 15.5 Å². The van der Waals surface area contributed by atoms with Crippen molar-refractivity contribution in [3.63, 3.8) is 0 Å². The van der Waals surface area contributed by atoms with Gasteiger partial charge in [0, 0.05) is 37.6 Å². The molecule has 0 saturated heterocycles. The normalized spacial score (nSPS) is 14.1. The first-order valence-electron chi connectivity index (χ1n) is 9.71. The van der Waals surface area contributed by atoms with Gasteiger partial charge in [-0.1, -0.05) is 12.1 Å². The van der Waals surface area contributed by atoms with Crippen LogP contribution in [0.15, 0.2) is 40.7 Å². The van der Waals surface area contributed by atoms with E-state index < -0.39 is 0 Å². The van der Waals surface area contributed by atoms with Gasteiger partial charge < -0.3 is 15.4 Å². The Kier molecular flexibility index (Phi) is 10.1. The predicted octanol–water partition coefficient (Wildman–Crippen LogP) is 3.53. The van der Waals surface area contributed by atoms with Gasteiger partial charge >= 0.3 is 0 Å². The number of thiophene rings is 1. The van der Waals surface area contributed by atoms with E-state index in [9.17, 15) is 0 Å². The van der Waals surface area contributed by atoms with Crippen LogP contribution >= 0.6 is 35.3 Å². The maximum absolute atomic E-state index is 5.20. The van der Waals surface area contributed by atoms with Crippen molar-refractivity contribution < 1.29 is 4.74 Å². The fraction of sp³-hybridized carbons (Fsp3) is 0.476. The van der Waals surface area contributed by atoms with Crippen LogP contribution in [0.4, 0.5) is 0 Å². The van der Waals surface area contributed by atoms with E-state index in [1.165, 1.54) is 17.5 Å². The zero-order valence-corrected chi connectivity index (χ0v) is 19.9. The monoisotopic (exact) mass is 514 g/mol. The van der Waals surface area contributed by atoms with Crippen LogP contribution in [-0.4, -0.2) is 50.7 Å². The van der Waals surface area contributed by atoms with E-state index in [1.807, 2.05) is 23.5 Å². The summed E-state index contributed by atoms with van der Waals surface area (Å²) in [4.78, 5) is 8.80.